The Labute approximate surface area is 184 Å². The molecule has 0 saturated carbocycles. The van der Waals surface area contributed by atoms with Gasteiger partial charge in [-0.1, -0.05) is 71.1 Å². The normalized spacial score (nSPS) is 12.2. The van der Waals surface area contributed by atoms with Crippen LogP contribution in [0.4, 0.5) is 0 Å². The second-order valence-electron chi connectivity index (χ2n) is 5.85. The summed E-state index contributed by atoms with van der Waals surface area (Å²) >= 11 is 0. The molecule has 0 spiro atoms. The molecule has 0 saturated heterocycles. The van der Waals surface area contributed by atoms with Crippen LogP contribution in [0.5, 0.6) is 0 Å². The molecule has 0 bridgehead atoms. The molecule has 5 nitrogen and oxygen atoms in total. The van der Waals surface area contributed by atoms with Gasteiger partial charge in [0.15, 0.2) is 0 Å². The summed E-state index contributed by atoms with van der Waals surface area (Å²) in [6.07, 6.45) is 13.9. The zero-order chi connectivity index (χ0) is 16.7. The monoisotopic (exact) mass is 373 g/mol. The van der Waals surface area contributed by atoms with Gasteiger partial charge in [-0.2, -0.15) is 8.42 Å². The maximum atomic E-state index is 11.3. The Kier molecular flexibility index (Phi) is 20.3. The molecule has 0 atom stereocenters. The van der Waals surface area contributed by atoms with E-state index in [0.717, 1.165) is 19.3 Å². The number of hydrogen-bond acceptors (Lipinski definition) is 4. The third kappa shape index (κ3) is 23.0. The molecular weight excluding hydrogens is 341 g/mol. The standard InChI is InChI=1S/C16H33NO4S.K/c1-2-3-4-5-6-7-8-9-10-11-12-13-16(18)17-14-15-22(19,20)21;/h2-15H2,1H3,(H,17,18)(H,19,20,21);/q;+1/p-1. The van der Waals surface area contributed by atoms with Crippen LogP contribution in [-0.4, -0.2) is 31.2 Å². The van der Waals surface area contributed by atoms with E-state index >= 15 is 0 Å². The van der Waals surface area contributed by atoms with Crippen molar-refractivity contribution in [2.45, 2.75) is 84.0 Å². The first kappa shape index (κ1) is 26.2. The van der Waals surface area contributed by atoms with Crippen molar-refractivity contribution >= 4 is 16.0 Å². The first-order valence-electron chi connectivity index (χ1n) is 8.61. The van der Waals surface area contributed by atoms with Crippen molar-refractivity contribution in [3.8, 4) is 0 Å². The summed E-state index contributed by atoms with van der Waals surface area (Å²) in [6, 6.07) is 0. The van der Waals surface area contributed by atoms with Crippen molar-refractivity contribution in [3.63, 3.8) is 0 Å². The largest absolute Gasteiger partial charge is 1.00 e. The van der Waals surface area contributed by atoms with Crippen LogP contribution in [0, 0.1) is 0 Å². The van der Waals surface area contributed by atoms with Gasteiger partial charge in [-0.3, -0.25) is 4.55 Å². The van der Waals surface area contributed by atoms with Gasteiger partial charge in [0, 0.05) is 0 Å². The Morgan fingerprint density at radius 1 is 0.913 bits per heavy atom. The first-order chi connectivity index (χ1) is 10.5. The van der Waals surface area contributed by atoms with Crippen LogP contribution in [0.1, 0.15) is 84.0 Å². The van der Waals surface area contributed by atoms with E-state index in [4.69, 9.17) is 4.55 Å². The summed E-state index contributed by atoms with van der Waals surface area (Å²) < 4.78 is 29.4. The molecule has 0 heterocycles. The first-order valence-corrected chi connectivity index (χ1v) is 10.2. The van der Waals surface area contributed by atoms with Gasteiger partial charge < -0.3 is 10.1 Å². The second kappa shape index (κ2) is 17.8. The Morgan fingerprint density at radius 3 is 1.78 bits per heavy atom. The Morgan fingerprint density at radius 2 is 1.35 bits per heavy atom. The van der Waals surface area contributed by atoms with Gasteiger partial charge in [0.25, 0.3) is 10.1 Å². The van der Waals surface area contributed by atoms with Crippen molar-refractivity contribution in [1.29, 1.82) is 0 Å². The van der Waals surface area contributed by atoms with Gasteiger partial charge >= 0.3 is 51.4 Å². The molecular formula is C16H32KNO4S. The number of hydrogen-bond donors (Lipinski definition) is 1. The molecule has 1 N–H and O–H groups in total. The van der Waals surface area contributed by atoms with Gasteiger partial charge in [-0.15, -0.1) is 0 Å². The summed E-state index contributed by atoms with van der Waals surface area (Å²) in [5.74, 6) is -0.739. The zero-order valence-electron chi connectivity index (χ0n) is 14.9. The summed E-state index contributed by atoms with van der Waals surface area (Å²) in [6.45, 7) is 2.09. The SMILES string of the molecule is CCCCCCCCCCCCCC([O-])=NCCS(=O)(=O)O.[K+]. The van der Waals surface area contributed by atoms with Gasteiger partial charge in [-0.25, -0.2) is 0 Å². The molecule has 0 aromatic rings. The zero-order valence-corrected chi connectivity index (χ0v) is 18.9. The van der Waals surface area contributed by atoms with Gasteiger partial charge in [0.1, 0.15) is 0 Å². The minimum atomic E-state index is -4.01. The van der Waals surface area contributed by atoms with E-state index in [2.05, 4.69) is 11.9 Å². The predicted molar refractivity (Wildman–Crippen MR) is 89.8 cm³/mol. The summed E-state index contributed by atoms with van der Waals surface area (Å²) in [5.41, 5.74) is 0. The molecule has 7 heteroatoms. The van der Waals surface area contributed by atoms with E-state index in [1.165, 1.54) is 51.4 Å². The van der Waals surface area contributed by atoms with E-state index in [1.54, 1.807) is 0 Å². The molecule has 0 radical (unpaired) electrons. The van der Waals surface area contributed by atoms with E-state index in [1.807, 2.05) is 0 Å². The van der Waals surface area contributed by atoms with E-state index in [9.17, 15) is 13.5 Å². The van der Waals surface area contributed by atoms with Crippen LogP contribution in [0.2, 0.25) is 0 Å². The molecule has 0 fully saturated rings. The molecule has 132 valence electrons. The summed E-state index contributed by atoms with van der Waals surface area (Å²) in [7, 11) is -4.01. The number of rotatable bonds is 15. The topological polar surface area (TPSA) is 89.8 Å². The third-order valence-electron chi connectivity index (χ3n) is 3.63. The maximum Gasteiger partial charge on any atom is 1.00 e. The van der Waals surface area contributed by atoms with Crippen molar-refractivity contribution in [1.82, 2.24) is 0 Å². The number of nitrogens with zero attached hydrogens (tertiary/aromatic N) is 1. The fraction of sp³-hybridized carbons (Fsp3) is 0.938. The van der Waals surface area contributed by atoms with Crippen LogP contribution in [0.15, 0.2) is 4.99 Å². The predicted octanol–water partition coefficient (Wildman–Crippen LogP) is 0.338. The van der Waals surface area contributed by atoms with Gasteiger partial charge in [0.05, 0.1) is 12.3 Å². The maximum absolute atomic E-state index is 11.3. The Bertz CT molecular complexity index is 386. The van der Waals surface area contributed by atoms with Gasteiger partial charge in [-0.05, 0) is 18.7 Å². The van der Waals surface area contributed by atoms with E-state index in [-0.39, 0.29) is 63.8 Å². The smallest absolute Gasteiger partial charge is 0.862 e. The van der Waals surface area contributed by atoms with Crippen LogP contribution in [-0.2, 0) is 10.1 Å². The molecule has 23 heavy (non-hydrogen) atoms. The van der Waals surface area contributed by atoms with Gasteiger partial charge in [0.2, 0.25) is 0 Å². The number of unbranched alkanes of at least 4 members (excludes halogenated alkanes) is 10. The fourth-order valence-corrected chi connectivity index (χ4v) is 2.63. The average molecular weight is 374 g/mol. The molecule has 0 rings (SSSR count). The molecule has 0 unspecified atom stereocenters. The number of aliphatic imine (C=N–C) groups is 1. The third-order valence-corrected chi connectivity index (χ3v) is 4.33. The van der Waals surface area contributed by atoms with Crippen LogP contribution >= 0.6 is 0 Å². The minimum absolute atomic E-state index is 0. The molecule has 0 aliphatic rings. The molecule has 0 aliphatic carbocycles. The van der Waals surface area contributed by atoms with Crippen molar-refractivity contribution < 1.29 is 69.5 Å². The summed E-state index contributed by atoms with van der Waals surface area (Å²) in [4.78, 5) is 3.61. The van der Waals surface area contributed by atoms with Crippen molar-refractivity contribution in [2.75, 3.05) is 12.3 Å². The summed E-state index contributed by atoms with van der Waals surface area (Å²) in [5, 5.41) is 11.3. The van der Waals surface area contributed by atoms with Crippen LogP contribution in [0.25, 0.3) is 0 Å². The molecule has 0 aromatic heterocycles. The quantitative estimate of drug-likeness (QED) is 0.147. The van der Waals surface area contributed by atoms with Crippen LogP contribution in [0.3, 0.4) is 0 Å². The Hall–Kier alpha value is 1.02. The van der Waals surface area contributed by atoms with E-state index < -0.39 is 15.9 Å². The Balaban J connectivity index is 0. The second-order valence-corrected chi connectivity index (χ2v) is 7.42. The van der Waals surface area contributed by atoms with Crippen LogP contribution < -0.4 is 56.5 Å². The van der Waals surface area contributed by atoms with E-state index in [0.29, 0.717) is 6.42 Å². The molecule has 0 amide bonds. The average Bonchev–Trinajstić information content (AvgIpc) is 2.43. The molecule has 0 aromatic carbocycles. The minimum Gasteiger partial charge on any atom is -0.862 e. The van der Waals surface area contributed by atoms with Crippen molar-refractivity contribution in [3.05, 3.63) is 0 Å². The fourth-order valence-electron chi connectivity index (χ4n) is 2.31. The molecule has 0 aliphatic heterocycles. The van der Waals surface area contributed by atoms with Crippen molar-refractivity contribution in [2.24, 2.45) is 4.99 Å².